The van der Waals surface area contributed by atoms with E-state index in [0.29, 0.717) is 6.42 Å². The number of rotatable bonds is 9. The second kappa shape index (κ2) is 10.9. The number of aliphatic carboxylic acids is 1. The summed E-state index contributed by atoms with van der Waals surface area (Å²) in [6, 6.07) is -2.09. The minimum absolute atomic E-state index is 0.0933. The highest BCUT2D eigenvalue weighted by Crippen LogP contribution is 2.12. The number of ether oxygens (including phenoxy) is 2. The van der Waals surface area contributed by atoms with E-state index < -0.39 is 35.2 Å². The molecule has 0 aromatic heterocycles. The highest BCUT2D eigenvalue weighted by Gasteiger charge is 2.27. The predicted molar refractivity (Wildman–Crippen MR) is 103 cm³/mol. The molecule has 2 atom stereocenters. The Morgan fingerprint density at radius 2 is 1.39 bits per heavy atom. The van der Waals surface area contributed by atoms with Crippen molar-refractivity contribution in [3.05, 3.63) is 0 Å². The molecule has 0 saturated heterocycles. The van der Waals surface area contributed by atoms with Crippen LogP contribution >= 0.6 is 0 Å². The van der Waals surface area contributed by atoms with Crippen molar-refractivity contribution in [1.29, 1.82) is 0 Å². The lowest BCUT2D eigenvalue weighted by molar-refractivity contribution is -0.157. The van der Waals surface area contributed by atoms with Gasteiger partial charge in [0.05, 0.1) is 0 Å². The van der Waals surface area contributed by atoms with Crippen LogP contribution in [-0.4, -0.2) is 52.3 Å². The number of esters is 2. The second-order valence-electron chi connectivity index (χ2n) is 8.66. The Balaban J connectivity index is 4.65. The standard InChI is InChI=1S/C19H34N2O7/c1-12(8-11-15(24)27-18(2,3)4)20-17(26)21-13(9-10-14(22)23)16(25)28-19(5,6)7/h12-13H,8-11H2,1-7H3,(H,22,23)(H2,20,21,26)/t12-,13+/m1/s1. The zero-order valence-electron chi connectivity index (χ0n) is 17.9. The number of amides is 2. The third kappa shape index (κ3) is 13.8. The first-order valence-electron chi connectivity index (χ1n) is 9.32. The van der Waals surface area contributed by atoms with Crippen molar-refractivity contribution in [3.63, 3.8) is 0 Å². The Kier molecular flexibility index (Phi) is 9.97. The first kappa shape index (κ1) is 25.7. The first-order valence-corrected chi connectivity index (χ1v) is 9.32. The van der Waals surface area contributed by atoms with Crippen molar-refractivity contribution >= 4 is 23.9 Å². The van der Waals surface area contributed by atoms with Crippen molar-refractivity contribution in [2.75, 3.05) is 0 Å². The molecule has 9 heteroatoms. The number of carboxylic acids is 1. The van der Waals surface area contributed by atoms with E-state index in [1.165, 1.54) is 0 Å². The topological polar surface area (TPSA) is 131 Å². The van der Waals surface area contributed by atoms with Gasteiger partial charge < -0.3 is 25.2 Å². The first-order chi connectivity index (χ1) is 12.6. The van der Waals surface area contributed by atoms with Crippen LogP contribution in [0.4, 0.5) is 4.79 Å². The zero-order valence-corrected chi connectivity index (χ0v) is 17.9. The number of carbonyl (C=O) groups excluding carboxylic acids is 3. The number of urea groups is 1. The maximum atomic E-state index is 12.2. The van der Waals surface area contributed by atoms with Crippen LogP contribution in [-0.2, 0) is 23.9 Å². The highest BCUT2D eigenvalue weighted by molar-refractivity contribution is 5.84. The third-order valence-electron chi connectivity index (χ3n) is 3.22. The van der Waals surface area contributed by atoms with Crippen molar-refractivity contribution < 1.29 is 33.8 Å². The maximum Gasteiger partial charge on any atom is 0.329 e. The SMILES string of the molecule is C[C@H](CCC(=O)OC(C)(C)C)NC(=O)N[C@@H](CCC(=O)O)C(=O)OC(C)(C)C. The molecule has 0 fully saturated rings. The maximum absolute atomic E-state index is 12.2. The Morgan fingerprint density at radius 1 is 0.857 bits per heavy atom. The molecule has 0 aromatic rings. The lowest BCUT2D eigenvalue weighted by Crippen LogP contribution is -2.50. The van der Waals surface area contributed by atoms with Gasteiger partial charge in [0.25, 0.3) is 0 Å². The van der Waals surface area contributed by atoms with E-state index in [4.69, 9.17) is 14.6 Å². The number of hydrogen-bond acceptors (Lipinski definition) is 6. The molecule has 2 amide bonds. The van der Waals surface area contributed by atoms with Crippen LogP contribution in [0, 0.1) is 0 Å². The van der Waals surface area contributed by atoms with E-state index in [0.717, 1.165) is 0 Å². The number of nitrogens with one attached hydrogen (secondary N) is 2. The average Bonchev–Trinajstić information content (AvgIpc) is 2.45. The number of carboxylic acid groups (broad SMARTS) is 1. The summed E-state index contributed by atoms with van der Waals surface area (Å²) < 4.78 is 10.4. The molecular formula is C19H34N2O7. The molecule has 3 N–H and O–H groups in total. The van der Waals surface area contributed by atoms with E-state index in [2.05, 4.69) is 10.6 Å². The molecule has 0 spiro atoms. The van der Waals surface area contributed by atoms with E-state index in [1.807, 2.05) is 0 Å². The van der Waals surface area contributed by atoms with Gasteiger partial charge in [0.15, 0.2) is 0 Å². The van der Waals surface area contributed by atoms with Gasteiger partial charge in [-0.3, -0.25) is 9.59 Å². The molecule has 0 aliphatic heterocycles. The van der Waals surface area contributed by atoms with Crippen LogP contribution in [0.15, 0.2) is 0 Å². The Bertz CT molecular complexity index is 562. The molecule has 0 rings (SSSR count). The van der Waals surface area contributed by atoms with Crippen LogP contribution < -0.4 is 10.6 Å². The van der Waals surface area contributed by atoms with Crippen molar-refractivity contribution in [3.8, 4) is 0 Å². The summed E-state index contributed by atoms with van der Waals surface area (Å²) in [6.45, 7) is 12.1. The molecule has 0 aliphatic rings. The van der Waals surface area contributed by atoms with Gasteiger partial charge in [-0.1, -0.05) is 0 Å². The minimum atomic E-state index is -1.09. The molecule has 9 nitrogen and oxygen atoms in total. The molecule has 0 bridgehead atoms. The molecule has 0 aliphatic carbocycles. The summed E-state index contributed by atoms with van der Waals surface area (Å²) in [4.78, 5) is 46.9. The number of carbonyl (C=O) groups is 4. The fourth-order valence-electron chi connectivity index (χ4n) is 2.11. The highest BCUT2D eigenvalue weighted by atomic mass is 16.6. The smallest absolute Gasteiger partial charge is 0.329 e. The van der Waals surface area contributed by atoms with E-state index in [-0.39, 0.29) is 31.3 Å². The van der Waals surface area contributed by atoms with E-state index in [9.17, 15) is 19.2 Å². The fraction of sp³-hybridized carbons (Fsp3) is 0.789. The van der Waals surface area contributed by atoms with Crippen molar-refractivity contribution in [2.45, 2.75) is 97.4 Å². The molecule has 0 saturated carbocycles. The number of hydrogen-bond donors (Lipinski definition) is 3. The summed E-state index contributed by atoms with van der Waals surface area (Å²) in [5.41, 5.74) is -1.34. The molecule has 0 aromatic carbocycles. The van der Waals surface area contributed by atoms with Gasteiger partial charge >= 0.3 is 23.9 Å². The van der Waals surface area contributed by atoms with Crippen molar-refractivity contribution in [2.24, 2.45) is 0 Å². The fourth-order valence-corrected chi connectivity index (χ4v) is 2.11. The minimum Gasteiger partial charge on any atom is -0.481 e. The van der Waals surface area contributed by atoms with Gasteiger partial charge in [-0.2, -0.15) is 0 Å². The lowest BCUT2D eigenvalue weighted by atomic mass is 10.1. The molecule has 162 valence electrons. The van der Waals surface area contributed by atoms with Gasteiger partial charge in [0.1, 0.15) is 17.2 Å². The van der Waals surface area contributed by atoms with Crippen molar-refractivity contribution in [1.82, 2.24) is 10.6 Å². The van der Waals surface area contributed by atoms with Crippen LogP contribution in [0.25, 0.3) is 0 Å². The van der Waals surface area contributed by atoms with Gasteiger partial charge in [0, 0.05) is 18.9 Å². The quantitative estimate of drug-likeness (QED) is 0.505. The molecule has 28 heavy (non-hydrogen) atoms. The van der Waals surface area contributed by atoms with Crippen LogP contribution in [0.1, 0.15) is 74.1 Å². The predicted octanol–water partition coefficient (Wildman–Crippen LogP) is 2.37. The second-order valence-corrected chi connectivity index (χ2v) is 8.66. The summed E-state index contributed by atoms with van der Waals surface area (Å²) in [7, 11) is 0. The third-order valence-corrected chi connectivity index (χ3v) is 3.22. The van der Waals surface area contributed by atoms with Gasteiger partial charge in [-0.15, -0.1) is 0 Å². The zero-order chi connectivity index (χ0) is 22.1. The Hall–Kier alpha value is -2.32. The largest absolute Gasteiger partial charge is 0.481 e. The molecule has 0 heterocycles. The normalized spacial score (nSPS) is 13.8. The Morgan fingerprint density at radius 3 is 1.86 bits per heavy atom. The average molecular weight is 402 g/mol. The van der Waals surface area contributed by atoms with Gasteiger partial charge in [-0.25, -0.2) is 9.59 Å². The monoisotopic (exact) mass is 402 g/mol. The van der Waals surface area contributed by atoms with Gasteiger partial charge in [0.2, 0.25) is 0 Å². The summed E-state index contributed by atoms with van der Waals surface area (Å²) in [6.07, 6.45) is 0.101. The van der Waals surface area contributed by atoms with E-state index in [1.54, 1.807) is 48.5 Å². The van der Waals surface area contributed by atoms with Crippen LogP contribution in [0.3, 0.4) is 0 Å². The summed E-state index contributed by atoms with van der Waals surface area (Å²) >= 11 is 0. The van der Waals surface area contributed by atoms with Gasteiger partial charge in [-0.05, 0) is 61.3 Å². The molecule has 0 unspecified atom stereocenters. The van der Waals surface area contributed by atoms with Crippen LogP contribution in [0.5, 0.6) is 0 Å². The summed E-state index contributed by atoms with van der Waals surface area (Å²) in [5, 5.41) is 13.9. The summed E-state index contributed by atoms with van der Waals surface area (Å²) in [5.74, 6) is -2.15. The Labute approximate surface area is 166 Å². The lowest BCUT2D eigenvalue weighted by Gasteiger charge is -2.25. The molecule has 0 radical (unpaired) electrons. The van der Waals surface area contributed by atoms with Crippen LogP contribution in [0.2, 0.25) is 0 Å². The molecular weight excluding hydrogens is 368 g/mol. The van der Waals surface area contributed by atoms with E-state index >= 15 is 0 Å².